The Labute approximate surface area is 231 Å². The number of benzene rings is 3. The third kappa shape index (κ3) is 4.99. The molecular formula is C29H27Cl2N5O2. The first-order chi connectivity index (χ1) is 18.3. The number of halogens is 2. The minimum absolute atomic E-state index is 0.179. The highest BCUT2D eigenvalue weighted by atomic mass is 35.5. The van der Waals surface area contributed by atoms with E-state index in [1.54, 1.807) is 35.1 Å². The maximum atomic E-state index is 13.0. The molecular weight excluding hydrogens is 521 g/mol. The van der Waals surface area contributed by atoms with Crippen LogP contribution in [0.4, 0.5) is 11.4 Å². The summed E-state index contributed by atoms with van der Waals surface area (Å²) >= 11 is 12.1. The summed E-state index contributed by atoms with van der Waals surface area (Å²) in [5.41, 5.74) is 6.81. The van der Waals surface area contributed by atoms with Gasteiger partial charge in [-0.15, -0.1) is 10.2 Å². The first-order valence-electron chi connectivity index (χ1n) is 12.4. The number of anilines is 2. The van der Waals surface area contributed by atoms with E-state index in [9.17, 15) is 4.79 Å². The largest absolute Gasteiger partial charge is 0.451 e. The van der Waals surface area contributed by atoms with Crippen LogP contribution in [0, 0.1) is 13.8 Å². The van der Waals surface area contributed by atoms with Crippen LogP contribution >= 0.6 is 23.2 Å². The van der Waals surface area contributed by atoms with Gasteiger partial charge in [0.2, 0.25) is 0 Å². The molecule has 0 radical (unpaired) electrons. The lowest BCUT2D eigenvalue weighted by Gasteiger charge is -2.22. The van der Waals surface area contributed by atoms with Crippen LogP contribution in [-0.4, -0.2) is 34.0 Å². The van der Waals surface area contributed by atoms with Gasteiger partial charge in [-0.05, 0) is 99.5 Å². The van der Waals surface area contributed by atoms with E-state index in [4.69, 9.17) is 32.7 Å². The Morgan fingerprint density at radius 2 is 1.63 bits per heavy atom. The van der Waals surface area contributed by atoms with Crippen molar-refractivity contribution in [2.75, 3.05) is 23.3 Å². The molecule has 5 aromatic rings. The van der Waals surface area contributed by atoms with Crippen molar-refractivity contribution < 1.29 is 9.21 Å². The highest BCUT2D eigenvalue weighted by molar-refractivity contribution is 6.42. The van der Waals surface area contributed by atoms with Crippen LogP contribution < -0.4 is 10.2 Å². The Morgan fingerprint density at radius 3 is 2.32 bits per heavy atom. The number of rotatable bonds is 7. The van der Waals surface area contributed by atoms with Crippen LogP contribution in [0.2, 0.25) is 10.0 Å². The Hall–Kier alpha value is -3.81. The summed E-state index contributed by atoms with van der Waals surface area (Å²) < 4.78 is 5.79. The molecule has 0 fully saturated rings. The first-order valence-corrected chi connectivity index (χ1v) is 13.1. The van der Waals surface area contributed by atoms with Crippen LogP contribution in [0.25, 0.3) is 28.0 Å². The van der Waals surface area contributed by atoms with Gasteiger partial charge in [0.1, 0.15) is 16.8 Å². The van der Waals surface area contributed by atoms with E-state index in [1.165, 1.54) is 5.69 Å². The fourth-order valence-electron chi connectivity index (χ4n) is 4.41. The van der Waals surface area contributed by atoms with E-state index in [-0.39, 0.29) is 11.7 Å². The molecule has 2 aromatic heterocycles. The standard InChI is InChI=1S/C29H27Cl2N5O2/c1-5-35(6-2)20-8-10-26(18(4)13-20)36-33-24-14-17(3)23(16-25(24)34-36)32-29(37)28-12-11-27(38-28)19-7-9-21(30)22(31)15-19/h7-16H,5-6H2,1-4H3,(H,32,37). The van der Waals surface area contributed by atoms with Gasteiger partial charge in [0.25, 0.3) is 5.91 Å². The average molecular weight is 548 g/mol. The number of amides is 1. The van der Waals surface area contributed by atoms with E-state index in [1.807, 2.05) is 25.1 Å². The number of fused-ring (bicyclic) bond motifs is 1. The molecule has 38 heavy (non-hydrogen) atoms. The zero-order valence-corrected chi connectivity index (χ0v) is 23.1. The molecule has 0 aliphatic carbocycles. The number of nitrogens with zero attached hydrogens (tertiary/aromatic N) is 4. The lowest BCUT2D eigenvalue weighted by Crippen LogP contribution is -2.21. The molecule has 194 valence electrons. The molecule has 5 rings (SSSR count). The molecule has 0 aliphatic rings. The quantitative estimate of drug-likeness (QED) is 0.226. The normalized spacial score (nSPS) is 11.2. The van der Waals surface area contributed by atoms with Crippen molar-refractivity contribution in [3.05, 3.63) is 87.6 Å². The van der Waals surface area contributed by atoms with E-state index in [0.717, 1.165) is 41.0 Å². The fraction of sp³-hybridized carbons (Fsp3) is 0.207. The third-order valence-electron chi connectivity index (χ3n) is 6.53. The SMILES string of the molecule is CCN(CC)c1ccc(-n2nc3cc(C)c(NC(=O)c4ccc(-c5ccc(Cl)c(Cl)c5)o4)cc3n2)c(C)c1. The molecule has 3 aromatic carbocycles. The second-order valence-electron chi connectivity index (χ2n) is 9.04. The van der Waals surface area contributed by atoms with Crippen LogP contribution in [-0.2, 0) is 0 Å². The van der Waals surface area contributed by atoms with Crippen molar-refractivity contribution in [3.8, 4) is 17.0 Å². The van der Waals surface area contributed by atoms with Crippen LogP contribution in [0.1, 0.15) is 35.5 Å². The maximum Gasteiger partial charge on any atom is 0.291 e. The molecule has 0 unspecified atom stereocenters. The molecule has 9 heteroatoms. The van der Waals surface area contributed by atoms with Crippen molar-refractivity contribution in [1.29, 1.82) is 0 Å². The predicted octanol–water partition coefficient (Wildman–Crippen LogP) is 7.70. The molecule has 0 atom stereocenters. The van der Waals surface area contributed by atoms with E-state index in [2.05, 4.69) is 48.2 Å². The average Bonchev–Trinajstić information content (AvgIpc) is 3.54. The summed E-state index contributed by atoms with van der Waals surface area (Å²) in [6, 6.07) is 18.6. The van der Waals surface area contributed by atoms with Crippen LogP contribution in [0.5, 0.6) is 0 Å². The van der Waals surface area contributed by atoms with Crippen LogP contribution in [0.15, 0.2) is 65.1 Å². The highest BCUT2D eigenvalue weighted by Gasteiger charge is 2.16. The van der Waals surface area contributed by atoms with Gasteiger partial charge in [-0.25, -0.2) is 0 Å². The smallest absolute Gasteiger partial charge is 0.291 e. The van der Waals surface area contributed by atoms with Crippen molar-refractivity contribution in [3.63, 3.8) is 0 Å². The lowest BCUT2D eigenvalue weighted by atomic mass is 10.1. The second kappa shape index (κ2) is 10.5. The summed E-state index contributed by atoms with van der Waals surface area (Å²) in [5, 5.41) is 13.2. The van der Waals surface area contributed by atoms with E-state index >= 15 is 0 Å². The Bertz CT molecular complexity index is 1650. The first kappa shape index (κ1) is 25.8. The van der Waals surface area contributed by atoms with E-state index < -0.39 is 0 Å². The summed E-state index contributed by atoms with van der Waals surface area (Å²) in [7, 11) is 0. The monoisotopic (exact) mass is 547 g/mol. The number of hydrogen-bond acceptors (Lipinski definition) is 5. The number of aromatic nitrogens is 3. The molecule has 7 nitrogen and oxygen atoms in total. The van der Waals surface area contributed by atoms with Gasteiger partial charge < -0.3 is 14.6 Å². The maximum absolute atomic E-state index is 13.0. The van der Waals surface area contributed by atoms with Gasteiger partial charge in [-0.2, -0.15) is 4.80 Å². The topological polar surface area (TPSA) is 76.2 Å². The molecule has 1 N–H and O–H groups in total. The number of carbonyl (C=O) groups excluding carboxylic acids is 1. The fourth-order valence-corrected chi connectivity index (χ4v) is 4.71. The van der Waals surface area contributed by atoms with Crippen molar-refractivity contribution in [1.82, 2.24) is 15.0 Å². The minimum Gasteiger partial charge on any atom is -0.451 e. The molecule has 2 heterocycles. The lowest BCUT2D eigenvalue weighted by molar-refractivity contribution is 0.0997. The Kier molecular flexibility index (Phi) is 7.15. The molecule has 1 amide bonds. The third-order valence-corrected chi connectivity index (χ3v) is 7.27. The second-order valence-corrected chi connectivity index (χ2v) is 9.85. The van der Waals surface area contributed by atoms with Gasteiger partial charge in [0.05, 0.1) is 15.7 Å². The minimum atomic E-state index is -0.367. The molecule has 0 saturated carbocycles. The number of aryl methyl sites for hydroxylation is 2. The van der Waals surface area contributed by atoms with Crippen LogP contribution in [0.3, 0.4) is 0 Å². The number of nitrogens with one attached hydrogen (secondary N) is 1. The van der Waals surface area contributed by atoms with Gasteiger partial charge in [-0.1, -0.05) is 23.2 Å². The van der Waals surface area contributed by atoms with Crippen molar-refractivity contribution in [2.45, 2.75) is 27.7 Å². The Balaban J connectivity index is 1.39. The van der Waals surface area contributed by atoms with E-state index in [0.29, 0.717) is 27.0 Å². The zero-order chi connectivity index (χ0) is 27.0. The van der Waals surface area contributed by atoms with Gasteiger partial charge in [0, 0.05) is 30.0 Å². The molecule has 0 aliphatic heterocycles. The number of carbonyl (C=O) groups is 1. The molecule has 0 saturated heterocycles. The molecule has 0 bridgehead atoms. The highest BCUT2D eigenvalue weighted by Crippen LogP contribution is 2.30. The van der Waals surface area contributed by atoms with Gasteiger partial charge in [-0.3, -0.25) is 4.79 Å². The summed E-state index contributed by atoms with van der Waals surface area (Å²) in [4.78, 5) is 16.9. The van der Waals surface area contributed by atoms with Crippen molar-refractivity contribution in [2.24, 2.45) is 0 Å². The predicted molar refractivity (Wildman–Crippen MR) is 154 cm³/mol. The van der Waals surface area contributed by atoms with Gasteiger partial charge in [0.15, 0.2) is 5.76 Å². The number of hydrogen-bond donors (Lipinski definition) is 1. The van der Waals surface area contributed by atoms with Crippen molar-refractivity contribution >= 4 is 51.5 Å². The number of furan rings is 1. The summed E-state index contributed by atoms with van der Waals surface area (Å²) in [5.74, 6) is 0.332. The zero-order valence-electron chi connectivity index (χ0n) is 21.5. The molecule has 0 spiro atoms. The van der Waals surface area contributed by atoms with Gasteiger partial charge >= 0.3 is 0 Å². The summed E-state index contributed by atoms with van der Waals surface area (Å²) in [6.07, 6.45) is 0. The Morgan fingerprint density at radius 1 is 0.895 bits per heavy atom. The summed E-state index contributed by atoms with van der Waals surface area (Å²) in [6.45, 7) is 10.2.